The van der Waals surface area contributed by atoms with Gasteiger partial charge in [0.2, 0.25) is 6.43 Å². The van der Waals surface area contributed by atoms with E-state index in [1.807, 2.05) is 6.07 Å². The number of para-hydroxylation sites is 1. The van der Waals surface area contributed by atoms with Crippen LogP contribution in [-0.2, 0) is 0 Å². The maximum Gasteiger partial charge on any atom is 0.247 e. The minimum Gasteiger partial charge on any atom is -0.383 e. The van der Waals surface area contributed by atoms with E-state index in [-0.39, 0.29) is 0 Å². The van der Waals surface area contributed by atoms with Crippen molar-refractivity contribution < 1.29 is 8.78 Å². The van der Waals surface area contributed by atoms with Crippen molar-refractivity contribution in [1.82, 2.24) is 0 Å². The topological polar surface area (TPSA) is 12.0 Å². The first-order valence-electron chi connectivity index (χ1n) is 4.00. The minimum atomic E-state index is -2.29. The van der Waals surface area contributed by atoms with E-state index in [1.54, 1.807) is 12.1 Å². The summed E-state index contributed by atoms with van der Waals surface area (Å²) < 4.78 is 25.8. The van der Waals surface area contributed by atoms with Crippen molar-refractivity contribution in [3.8, 4) is 0 Å². The molecule has 0 aromatic heterocycles. The first-order valence-corrected chi connectivity index (χ1v) is 4.80. The SMILES string of the molecule is FC(F)C1CNc2c(Br)cccc21. The third-order valence-electron chi connectivity index (χ3n) is 2.25. The third kappa shape index (κ3) is 1.43. The van der Waals surface area contributed by atoms with E-state index in [9.17, 15) is 8.78 Å². The number of anilines is 1. The van der Waals surface area contributed by atoms with Crippen LogP contribution in [0.3, 0.4) is 0 Å². The lowest BCUT2D eigenvalue weighted by Crippen LogP contribution is -2.10. The Labute approximate surface area is 83.3 Å². The highest BCUT2D eigenvalue weighted by Crippen LogP contribution is 2.39. The molecule has 1 aromatic carbocycles. The smallest absolute Gasteiger partial charge is 0.247 e. The predicted octanol–water partition coefficient (Wildman–Crippen LogP) is 3.22. The summed E-state index contributed by atoms with van der Waals surface area (Å²) >= 11 is 3.32. The molecule has 1 nitrogen and oxygen atoms in total. The van der Waals surface area contributed by atoms with Gasteiger partial charge in [-0.15, -0.1) is 0 Å². The van der Waals surface area contributed by atoms with Gasteiger partial charge in [-0.2, -0.15) is 0 Å². The normalized spacial score (nSPS) is 20.2. The molecular formula is C9H8BrF2N. The van der Waals surface area contributed by atoms with Crippen LogP contribution in [-0.4, -0.2) is 13.0 Å². The van der Waals surface area contributed by atoms with E-state index in [0.29, 0.717) is 12.1 Å². The Kier molecular flexibility index (Phi) is 2.24. The van der Waals surface area contributed by atoms with Gasteiger partial charge in [0.25, 0.3) is 0 Å². The molecule has 1 aromatic rings. The van der Waals surface area contributed by atoms with Gasteiger partial charge in [-0.1, -0.05) is 12.1 Å². The highest BCUT2D eigenvalue weighted by molar-refractivity contribution is 9.10. The van der Waals surface area contributed by atoms with Crippen LogP contribution in [0.1, 0.15) is 11.5 Å². The summed E-state index contributed by atoms with van der Waals surface area (Å²) in [6.07, 6.45) is -2.29. The standard InChI is InChI=1S/C9H8BrF2N/c10-7-3-1-2-5-6(9(11)12)4-13-8(5)7/h1-3,6,9,13H,4H2. The van der Waals surface area contributed by atoms with Crippen molar-refractivity contribution in [2.45, 2.75) is 12.3 Å². The van der Waals surface area contributed by atoms with E-state index >= 15 is 0 Å². The molecule has 0 aliphatic carbocycles. The van der Waals surface area contributed by atoms with E-state index in [2.05, 4.69) is 21.2 Å². The fourth-order valence-electron chi connectivity index (χ4n) is 1.58. The van der Waals surface area contributed by atoms with Gasteiger partial charge in [0.15, 0.2) is 0 Å². The van der Waals surface area contributed by atoms with Crippen LogP contribution in [0.5, 0.6) is 0 Å². The molecule has 13 heavy (non-hydrogen) atoms. The molecule has 0 amide bonds. The molecule has 70 valence electrons. The highest BCUT2D eigenvalue weighted by Gasteiger charge is 2.30. The maximum atomic E-state index is 12.5. The van der Waals surface area contributed by atoms with Crippen LogP contribution < -0.4 is 5.32 Å². The van der Waals surface area contributed by atoms with Crippen LogP contribution in [0.4, 0.5) is 14.5 Å². The van der Waals surface area contributed by atoms with Crippen LogP contribution in [0.25, 0.3) is 0 Å². The largest absolute Gasteiger partial charge is 0.383 e. The Morgan fingerprint density at radius 3 is 2.92 bits per heavy atom. The maximum absolute atomic E-state index is 12.5. The Hall–Kier alpha value is -0.640. The molecular weight excluding hydrogens is 240 g/mol. The Morgan fingerprint density at radius 2 is 2.23 bits per heavy atom. The fourth-order valence-corrected chi connectivity index (χ4v) is 2.10. The van der Waals surface area contributed by atoms with Gasteiger partial charge in [0.05, 0.1) is 11.6 Å². The second-order valence-corrected chi connectivity index (χ2v) is 3.88. The molecule has 0 saturated heterocycles. The average Bonchev–Trinajstić information content (AvgIpc) is 2.48. The van der Waals surface area contributed by atoms with E-state index in [0.717, 1.165) is 10.2 Å². The molecule has 1 aliphatic rings. The van der Waals surface area contributed by atoms with Gasteiger partial charge in [0.1, 0.15) is 0 Å². The van der Waals surface area contributed by atoms with Crippen molar-refractivity contribution in [3.05, 3.63) is 28.2 Å². The molecule has 1 heterocycles. The van der Waals surface area contributed by atoms with Gasteiger partial charge < -0.3 is 5.32 Å². The minimum absolute atomic E-state index is 0.329. The van der Waals surface area contributed by atoms with E-state index < -0.39 is 12.3 Å². The molecule has 1 aliphatic heterocycles. The summed E-state index contributed by atoms with van der Waals surface area (Å²) in [5.74, 6) is -0.660. The van der Waals surface area contributed by atoms with Crippen LogP contribution >= 0.6 is 15.9 Å². The number of alkyl halides is 2. The molecule has 1 atom stereocenters. The van der Waals surface area contributed by atoms with Crippen LogP contribution in [0.2, 0.25) is 0 Å². The quantitative estimate of drug-likeness (QED) is 0.804. The van der Waals surface area contributed by atoms with Crippen molar-refractivity contribution in [1.29, 1.82) is 0 Å². The average molecular weight is 248 g/mol. The molecule has 1 unspecified atom stereocenters. The Morgan fingerprint density at radius 1 is 1.46 bits per heavy atom. The first kappa shape index (κ1) is 8.94. The molecule has 0 bridgehead atoms. The predicted molar refractivity (Wildman–Crippen MR) is 51.4 cm³/mol. The molecule has 0 saturated carbocycles. The summed E-state index contributed by atoms with van der Waals surface area (Å²) in [5, 5.41) is 2.97. The molecule has 0 radical (unpaired) electrons. The van der Waals surface area contributed by atoms with E-state index in [4.69, 9.17) is 0 Å². The summed E-state index contributed by atoms with van der Waals surface area (Å²) in [7, 11) is 0. The summed E-state index contributed by atoms with van der Waals surface area (Å²) in [6.45, 7) is 0.329. The Balaban J connectivity index is 2.43. The number of halogens is 3. The lowest BCUT2D eigenvalue weighted by molar-refractivity contribution is 0.121. The number of fused-ring (bicyclic) bond motifs is 1. The molecule has 2 rings (SSSR count). The highest BCUT2D eigenvalue weighted by atomic mass is 79.9. The summed E-state index contributed by atoms with van der Waals surface area (Å²) in [5.41, 5.74) is 1.53. The van der Waals surface area contributed by atoms with E-state index in [1.165, 1.54) is 0 Å². The lowest BCUT2D eigenvalue weighted by atomic mass is 10.0. The number of nitrogens with one attached hydrogen (secondary N) is 1. The van der Waals surface area contributed by atoms with Crippen molar-refractivity contribution in [2.24, 2.45) is 0 Å². The molecule has 1 N–H and O–H groups in total. The zero-order valence-electron chi connectivity index (χ0n) is 6.73. The van der Waals surface area contributed by atoms with Crippen molar-refractivity contribution >= 4 is 21.6 Å². The monoisotopic (exact) mass is 247 g/mol. The van der Waals surface area contributed by atoms with Gasteiger partial charge in [-0.05, 0) is 27.6 Å². The van der Waals surface area contributed by atoms with Crippen LogP contribution in [0, 0.1) is 0 Å². The molecule has 0 spiro atoms. The van der Waals surface area contributed by atoms with Crippen molar-refractivity contribution in [2.75, 3.05) is 11.9 Å². The van der Waals surface area contributed by atoms with Gasteiger partial charge in [-0.25, -0.2) is 8.78 Å². The summed E-state index contributed by atoms with van der Waals surface area (Å²) in [6, 6.07) is 5.38. The van der Waals surface area contributed by atoms with Gasteiger partial charge >= 0.3 is 0 Å². The molecule has 4 heteroatoms. The molecule has 0 fully saturated rings. The summed E-state index contributed by atoms with van der Waals surface area (Å²) in [4.78, 5) is 0. The zero-order valence-corrected chi connectivity index (χ0v) is 8.31. The zero-order chi connectivity index (χ0) is 9.42. The van der Waals surface area contributed by atoms with Gasteiger partial charge in [-0.3, -0.25) is 0 Å². The lowest BCUT2D eigenvalue weighted by Gasteiger charge is -2.07. The fraction of sp³-hybridized carbons (Fsp3) is 0.333. The van der Waals surface area contributed by atoms with Crippen LogP contribution in [0.15, 0.2) is 22.7 Å². The number of benzene rings is 1. The number of hydrogen-bond donors (Lipinski definition) is 1. The van der Waals surface area contributed by atoms with Crippen molar-refractivity contribution in [3.63, 3.8) is 0 Å². The second kappa shape index (κ2) is 3.25. The third-order valence-corrected chi connectivity index (χ3v) is 2.91. The van der Waals surface area contributed by atoms with Gasteiger partial charge in [0, 0.05) is 11.0 Å². The Bertz CT molecular complexity index is 327. The second-order valence-electron chi connectivity index (χ2n) is 3.03. The number of hydrogen-bond acceptors (Lipinski definition) is 1. The number of rotatable bonds is 1. The first-order chi connectivity index (χ1) is 6.20.